The molecule has 0 spiro atoms. The molecule has 1 heterocycles. The maximum Gasteiger partial charge on any atom is 0.139 e. The fourth-order valence-electron chi connectivity index (χ4n) is 1.94. The van der Waals surface area contributed by atoms with Crippen molar-refractivity contribution in [3.05, 3.63) is 52.3 Å². The number of aromatic nitrogens is 2. The molecule has 0 saturated carbocycles. The van der Waals surface area contributed by atoms with E-state index in [0.717, 1.165) is 5.52 Å². The lowest BCUT2D eigenvalue weighted by molar-refractivity contribution is 0.621. The number of rotatable bonds is 1. The molecule has 0 aliphatic rings. The van der Waals surface area contributed by atoms with Crippen LogP contribution in [-0.2, 0) is 0 Å². The van der Waals surface area contributed by atoms with E-state index in [2.05, 4.69) is 32.0 Å². The predicted octanol–water partition coefficient (Wildman–Crippen LogP) is 4.00. The zero-order valence-electron chi connectivity index (χ0n) is 9.61. The van der Waals surface area contributed by atoms with E-state index in [1.807, 2.05) is 6.07 Å². The average molecular weight is 316 g/mol. The SMILES string of the molecule is N#Cc1cccc2[nH]c(-c3cccc(F)c3Br)nc12. The van der Waals surface area contributed by atoms with E-state index >= 15 is 0 Å². The van der Waals surface area contributed by atoms with Crippen LogP contribution >= 0.6 is 15.9 Å². The molecule has 3 rings (SSSR count). The number of benzene rings is 2. The van der Waals surface area contributed by atoms with E-state index in [-0.39, 0.29) is 5.82 Å². The van der Waals surface area contributed by atoms with Crippen molar-refractivity contribution < 1.29 is 4.39 Å². The van der Waals surface area contributed by atoms with Gasteiger partial charge in [0, 0.05) is 5.56 Å². The Labute approximate surface area is 116 Å². The average Bonchev–Trinajstić information content (AvgIpc) is 2.85. The maximum atomic E-state index is 13.5. The van der Waals surface area contributed by atoms with Gasteiger partial charge in [0.15, 0.2) is 0 Å². The van der Waals surface area contributed by atoms with Gasteiger partial charge in [-0.05, 0) is 40.2 Å². The first-order valence-corrected chi connectivity index (χ1v) is 6.33. The van der Waals surface area contributed by atoms with Crippen LogP contribution in [0.15, 0.2) is 40.9 Å². The minimum atomic E-state index is -0.349. The second-order valence-electron chi connectivity index (χ2n) is 4.00. The van der Waals surface area contributed by atoms with Crippen molar-refractivity contribution in [3.8, 4) is 17.5 Å². The van der Waals surface area contributed by atoms with Crippen molar-refractivity contribution in [1.29, 1.82) is 5.26 Å². The lowest BCUT2D eigenvalue weighted by Gasteiger charge is -2.00. The Kier molecular flexibility index (Phi) is 2.80. The smallest absolute Gasteiger partial charge is 0.139 e. The molecule has 0 saturated heterocycles. The van der Waals surface area contributed by atoms with Crippen molar-refractivity contribution in [3.63, 3.8) is 0 Å². The Hall–Kier alpha value is -2.19. The Morgan fingerprint density at radius 1 is 1.21 bits per heavy atom. The molecule has 1 N–H and O–H groups in total. The largest absolute Gasteiger partial charge is 0.338 e. The van der Waals surface area contributed by atoms with Crippen molar-refractivity contribution in [2.75, 3.05) is 0 Å². The van der Waals surface area contributed by atoms with E-state index in [0.29, 0.717) is 26.9 Å². The molecule has 0 radical (unpaired) electrons. The summed E-state index contributed by atoms with van der Waals surface area (Å²) in [6, 6.07) is 12.2. The quantitative estimate of drug-likeness (QED) is 0.737. The zero-order valence-corrected chi connectivity index (χ0v) is 11.2. The molecule has 3 aromatic rings. The highest BCUT2D eigenvalue weighted by atomic mass is 79.9. The first-order valence-electron chi connectivity index (χ1n) is 5.54. The van der Waals surface area contributed by atoms with Crippen molar-refractivity contribution in [2.24, 2.45) is 0 Å². The van der Waals surface area contributed by atoms with Gasteiger partial charge in [-0.25, -0.2) is 9.37 Å². The van der Waals surface area contributed by atoms with Gasteiger partial charge < -0.3 is 4.98 Å². The van der Waals surface area contributed by atoms with Gasteiger partial charge in [-0.2, -0.15) is 5.26 Å². The van der Waals surface area contributed by atoms with Crippen molar-refractivity contribution in [2.45, 2.75) is 0 Å². The summed E-state index contributed by atoms with van der Waals surface area (Å²) in [5.41, 5.74) is 2.47. The van der Waals surface area contributed by atoms with Gasteiger partial charge in [-0.1, -0.05) is 12.1 Å². The highest BCUT2D eigenvalue weighted by Crippen LogP contribution is 2.30. The molecule has 92 valence electrons. The Balaban J connectivity index is 2.27. The number of nitrogens with zero attached hydrogens (tertiary/aromatic N) is 2. The van der Waals surface area contributed by atoms with Crippen LogP contribution < -0.4 is 0 Å². The van der Waals surface area contributed by atoms with E-state index in [1.54, 1.807) is 24.3 Å². The lowest BCUT2D eigenvalue weighted by Crippen LogP contribution is -1.85. The summed E-state index contributed by atoms with van der Waals surface area (Å²) in [5.74, 6) is 0.183. The third kappa shape index (κ3) is 1.90. The van der Waals surface area contributed by atoms with E-state index in [9.17, 15) is 4.39 Å². The Morgan fingerprint density at radius 2 is 2.00 bits per heavy atom. The summed E-state index contributed by atoms with van der Waals surface area (Å²) in [5, 5.41) is 9.04. The fourth-order valence-corrected chi connectivity index (χ4v) is 2.39. The number of fused-ring (bicyclic) bond motifs is 1. The second kappa shape index (κ2) is 4.48. The molecule has 0 fully saturated rings. The van der Waals surface area contributed by atoms with Crippen LogP contribution in [0.3, 0.4) is 0 Å². The van der Waals surface area contributed by atoms with Crippen LogP contribution in [0.4, 0.5) is 4.39 Å². The molecule has 1 aromatic heterocycles. The molecule has 0 bridgehead atoms. The summed E-state index contributed by atoms with van der Waals surface area (Å²) < 4.78 is 13.9. The minimum absolute atomic E-state index is 0.349. The topological polar surface area (TPSA) is 52.5 Å². The number of aromatic amines is 1. The summed E-state index contributed by atoms with van der Waals surface area (Å²) in [6.45, 7) is 0. The van der Waals surface area contributed by atoms with Gasteiger partial charge >= 0.3 is 0 Å². The van der Waals surface area contributed by atoms with Gasteiger partial charge in [0.25, 0.3) is 0 Å². The Morgan fingerprint density at radius 3 is 2.79 bits per heavy atom. The number of nitrogens with one attached hydrogen (secondary N) is 1. The number of para-hydroxylation sites is 1. The molecule has 3 nitrogen and oxygen atoms in total. The van der Waals surface area contributed by atoms with Crippen molar-refractivity contribution in [1.82, 2.24) is 9.97 Å². The number of imidazole rings is 1. The molecule has 0 aliphatic heterocycles. The monoisotopic (exact) mass is 315 g/mol. The van der Waals surface area contributed by atoms with Crippen LogP contribution in [0.5, 0.6) is 0 Å². The van der Waals surface area contributed by atoms with E-state index < -0.39 is 0 Å². The van der Waals surface area contributed by atoms with Crippen LogP contribution in [0.2, 0.25) is 0 Å². The summed E-state index contributed by atoms with van der Waals surface area (Å²) in [4.78, 5) is 7.48. The van der Waals surface area contributed by atoms with Gasteiger partial charge in [-0.3, -0.25) is 0 Å². The number of halogens is 2. The number of nitriles is 1. The van der Waals surface area contributed by atoms with Crippen LogP contribution in [-0.4, -0.2) is 9.97 Å². The highest BCUT2D eigenvalue weighted by molar-refractivity contribution is 9.10. The molecule has 0 unspecified atom stereocenters. The normalized spacial score (nSPS) is 10.6. The van der Waals surface area contributed by atoms with Gasteiger partial charge in [0.05, 0.1) is 15.6 Å². The van der Waals surface area contributed by atoms with Crippen LogP contribution in [0.1, 0.15) is 5.56 Å². The number of hydrogen-bond acceptors (Lipinski definition) is 2. The lowest BCUT2D eigenvalue weighted by atomic mass is 10.2. The number of hydrogen-bond donors (Lipinski definition) is 1. The van der Waals surface area contributed by atoms with Crippen LogP contribution in [0.25, 0.3) is 22.4 Å². The zero-order chi connectivity index (χ0) is 13.4. The highest BCUT2D eigenvalue weighted by Gasteiger charge is 2.13. The standard InChI is InChI=1S/C14H7BrFN3/c15-12-9(4-2-5-10(12)16)14-18-11-6-1-3-8(7-17)13(11)19-14/h1-6H,(H,18,19). The van der Waals surface area contributed by atoms with Gasteiger partial charge in [0.2, 0.25) is 0 Å². The third-order valence-electron chi connectivity index (χ3n) is 2.84. The van der Waals surface area contributed by atoms with Crippen molar-refractivity contribution >= 4 is 27.0 Å². The molecule has 0 atom stereocenters. The maximum absolute atomic E-state index is 13.5. The summed E-state index contributed by atoms with van der Waals surface area (Å²) in [6.07, 6.45) is 0. The first-order chi connectivity index (χ1) is 9.20. The predicted molar refractivity (Wildman–Crippen MR) is 73.9 cm³/mol. The molecular weight excluding hydrogens is 309 g/mol. The van der Waals surface area contributed by atoms with Gasteiger partial charge in [0.1, 0.15) is 23.2 Å². The molecule has 5 heteroatoms. The van der Waals surface area contributed by atoms with Gasteiger partial charge in [-0.15, -0.1) is 0 Å². The fraction of sp³-hybridized carbons (Fsp3) is 0. The Bertz CT molecular complexity index is 817. The van der Waals surface area contributed by atoms with E-state index in [4.69, 9.17) is 5.26 Å². The van der Waals surface area contributed by atoms with Crippen LogP contribution in [0, 0.1) is 17.1 Å². The second-order valence-corrected chi connectivity index (χ2v) is 4.79. The first kappa shape index (κ1) is 11.9. The molecule has 0 amide bonds. The van der Waals surface area contributed by atoms with E-state index in [1.165, 1.54) is 6.07 Å². The molecule has 19 heavy (non-hydrogen) atoms. The summed E-state index contributed by atoms with van der Waals surface area (Å²) in [7, 11) is 0. The third-order valence-corrected chi connectivity index (χ3v) is 3.65. The molecule has 0 aliphatic carbocycles. The minimum Gasteiger partial charge on any atom is -0.338 e. The molecule has 2 aromatic carbocycles. The molecular formula is C14H7BrFN3. The summed E-state index contributed by atoms with van der Waals surface area (Å²) >= 11 is 3.21. The number of H-pyrrole nitrogens is 1.